The molecule has 1 unspecified atom stereocenters. The maximum absolute atomic E-state index is 8.63. The van der Waals surface area contributed by atoms with E-state index in [0.29, 0.717) is 6.42 Å². The zero-order valence-electron chi connectivity index (χ0n) is 6.82. The van der Waals surface area contributed by atoms with Gasteiger partial charge in [-0.2, -0.15) is 0 Å². The first kappa shape index (κ1) is 11.1. The molecule has 0 aliphatic rings. The van der Waals surface area contributed by atoms with E-state index >= 15 is 0 Å². The summed E-state index contributed by atoms with van der Waals surface area (Å²) in [5.41, 5.74) is 5.58. The Morgan fingerprint density at radius 3 is 2.18 bits per heavy atom. The molecule has 0 amide bonds. The van der Waals surface area contributed by atoms with Crippen LogP contribution in [0.1, 0.15) is 26.2 Å². The summed E-state index contributed by atoms with van der Waals surface area (Å²) in [6, 6.07) is 0.0343. The topological polar surface area (TPSA) is 86.7 Å². The Morgan fingerprint density at radius 2 is 1.82 bits per heavy atom. The van der Waals surface area contributed by atoms with Gasteiger partial charge >= 0.3 is 8.80 Å². The second-order valence-corrected chi connectivity index (χ2v) is 4.91. The highest BCUT2D eigenvalue weighted by Crippen LogP contribution is 2.07. The maximum Gasteiger partial charge on any atom is 0.492 e. The number of rotatable bonds is 5. The van der Waals surface area contributed by atoms with Gasteiger partial charge in [-0.15, -0.1) is 0 Å². The molecule has 0 aliphatic carbocycles. The first-order valence-electron chi connectivity index (χ1n) is 3.88. The number of hydrogen-bond donors (Lipinski definition) is 4. The van der Waals surface area contributed by atoms with E-state index < -0.39 is 8.80 Å². The molecular weight excluding hydrogens is 162 g/mol. The predicted molar refractivity (Wildman–Crippen MR) is 44.7 cm³/mol. The van der Waals surface area contributed by atoms with Gasteiger partial charge in [0, 0.05) is 12.1 Å². The number of nitrogens with two attached hydrogens (primary N) is 1. The fraction of sp³-hybridized carbons (Fsp3) is 1.00. The highest BCUT2D eigenvalue weighted by atomic mass is 28.4. The van der Waals surface area contributed by atoms with Gasteiger partial charge in [0.15, 0.2) is 0 Å². The van der Waals surface area contributed by atoms with E-state index in [2.05, 4.69) is 0 Å². The highest BCUT2D eigenvalue weighted by Gasteiger charge is 2.26. The molecule has 0 aromatic rings. The van der Waals surface area contributed by atoms with Crippen LogP contribution >= 0.6 is 0 Å². The van der Waals surface area contributed by atoms with E-state index in [4.69, 9.17) is 20.1 Å². The minimum Gasteiger partial charge on any atom is -0.390 e. The van der Waals surface area contributed by atoms with Gasteiger partial charge in [-0.25, -0.2) is 0 Å². The van der Waals surface area contributed by atoms with Crippen molar-refractivity contribution in [3.63, 3.8) is 0 Å². The Morgan fingerprint density at radius 1 is 1.27 bits per heavy atom. The van der Waals surface area contributed by atoms with Gasteiger partial charge in [0.25, 0.3) is 0 Å². The van der Waals surface area contributed by atoms with Crippen LogP contribution in [0.15, 0.2) is 0 Å². The van der Waals surface area contributed by atoms with Crippen molar-refractivity contribution in [1.82, 2.24) is 0 Å². The van der Waals surface area contributed by atoms with Crippen LogP contribution in [0.4, 0.5) is 0 Å². The van der Waals surface area contributed by atoms with Gasteiger partial charge in [-0.3, -0.25) is 0 Å². The van der Waals surface area contributed by atoms with Crippen LogP contribution in [0.2, 0.25) is 6.04 Å². The van der Waals surface area contributed by atoms with E-state index in [0.717, 1.165) is 12.8 Å². The Kier molecular flexibility index (Phi) is 4.86. The molecule has 0 aliphatic heterocycles. The second kappa shape index (κ2) is 4.84. The molecule has 5 heteroatoms. The Hall–Kier alpha value is 0.0569. The molecule has 11 heavy (non-hydrogen) atoms. The molecule has 0 saturated carbocycles. The highest BCUT2D eigenvalue weighted by molar-refractivity contribution is 6.56. The van der Waals surface area contributed by atoms with Crippen molar-refractivity contribution < 1.29 is 14.4 Å². The molecule has 0 radical (unpaired) electrons. The third-order valence-electron chi connectivity index (χ3n) is 1.51. The van der Waals surface area contributed by atoms with Crippen LogP contribution < -0.4 is 5.73 Å². The van der Waals surface area contributed by atoms with Crippen LogP contribution in [-0.4, -0.2) is 29.2 Å². The lowest BCUT2D eigenvalue weighted by atomic mass is 10.1. The summed E-state index contributed by atoms with van der Waals surface area (Å²) in [4.78, 5) is 25.9. The lowest BCUT2D eigenvalue weighted by Crippen LogP contribution is -2.36. The summed E-state index contributed by atoms with van der Waals surface area (Å²) < 4.78 is 0. The third kappa shape index (κ3) is 7.96. The normalized spacial score (nSPS) is 15.0. The van der Waals surface area contributed by atoms with Crippen molar-refractivity contribution in [1.29, 1.82) is 0 Å². The Balaban J connectivity index is 3.38. The lowest BCUT2D eigenvalue weighted by molar-refractivity contribution is 0.224. The average molecular weight is 179 g/mol. The summed E-state index contributed by atoms with van der Waals surface area (Å²) in [7, 11) is -3.83. The van der Waals surface area contributed by atoms with Crippen LogP contribution in [0.5, 0.6) is 0 Å². The lowest BCUT2D eigenvalue weighted by Gasteiger charge is -2.13. The van der Waals surface area contributed by atoms with Gasteiger partial charge in [0.05, 0.1) is 0 Å². The summed E-state index contributed by atoms with van der Waals surface area (Å²) in [5, 5.41) is 0. The summed E-state index contributed by atoms with van der Waals surface area (Å²) in [5.74, 6) is 0. The average Bonchev–Trinajstić information content (AvgIpc) is 1.83. The molecule has 1 atom stereocenters. The van der Waals surface area contributed by atoms with E-state index in [9.17, 15) is 0 Å². The molecule has 0 bridgehead atoms. The minimum absolute atomic E-state index is 0.0154. The third-order valence-corrected chi connectivity index (χ3v) is 2.47. The van der Waals surface area contributed by atoms with Gasteiger partial charge in [0.2, 0.25) is 0 Å². The van der Waals surface area contributed by atoms with E-state index in [-0.39, 0.29) is 12.1 Å². The SMILES string of the molecule is CCCC(N)CC[Si](O)(O)O. The fourth-order valence-electron chi connectivity index (χ4n) is 0.894. The Bertz CT molecular complexity index is 104. The molecule has 0 spiro atoms. The summed E-state index contributed by atoms with van der Waals surface area (Å²) in [6.45, 7) is 2.02. The Labute approximate surface area is 68.0 Å². The van der Waals surface area contributed by atoms with E-state index in [1.54, 1.807) is 0 Å². The van der Waals surface area contributed by atoms with Crippen molar-refractivity contribution in [2.45, 2.75) is 38.3 Å². The zero-order chi connectivity index (χ0) is 8.91. The second-order valence-electron chi connectivity index (χ2n) is 2.86. The molecule has 68 valence electrons. The van der Waals surface area contributed by atoms with Gasteiger partial charge in [0.1, 0.15) is 0 Å². The molecule has 0 saturated heterocycles. The first-order chi connectivity index (χ1) is 4.95. The van der Waals surface area contributed by atoms with Crippen molar-refractivity contribution in [3.8, 4) is 0 Å². The smallest absolute Gasteiger partial charge is 0.390 e. The fourth-order valence-corrected chi connectivity index (χ4v) is 1.65. The standard InChI is InChI=1S/C6H17NO3Si/c1-2-3-6(7)4-5-11(8,9)10/h6,8-10H,2-5,7H2,1H3. The predicted octanol–water partition coefficient (Wildman–Crippen LogP) is -0.580. The number of hydrogen-bond acceptors (Lipinski definition) is 4. The molecule has 4 nitrogen and oxygen atoms in total. The van der Waals surface area contributed by atoms with Crippen molar-refractivity contribution in [2.24, 2.45) is 5.73 Å². The van der Waals surface area contributed by atoms with Gasteiger partial charge in [-0.05, 0) is 12.8 Å². The zero-order valence-corrected chi connectivity index (χ0v) is 7.82. The quantitative estimate of drug-likeness (QED) is 0.425. The van der Waals surface area contributed by atoms with Crippen molar-refractivity contribution in [2.75, 3.05) is 0 Å². The van der Waals surface area contributed by atoms with Crippen LogP contribution in [0, 0.1) is 0 Å². The maximum atomic E-state index is 8.63. The first-order valence-corrected chi connectivity index (χ1v) is 5.93. The van der Waals surface area contributed by atoms with Crippen LogP contribution in [0.3, 0.4) is 0 Å². The van der Waals surface area contributed by atoms with Gasteiger partial charge < -0.3 is 20.1 Å². The summed E-state index contributed by atoms with van der Waals surface area (Å²) in [6.07, 6.45) is 2.34. The van der Waals surface area contributed by atoms with E-state index in [1.807, 2.05) is 6.92 Å². The minimum atomic E-state index is -3.83. The molecule has 5 N–H and O–H groups in total. The van der Waals surface area contributed by atoms with Crippen LogP contribution in [0.25, 0.3) is 0 Å². The molecule has 0 heterocycles. The molecule has 0 aromatic carbocycles. The monoisotopic (exact) mass is 179 g/mol. The van der Waals surface area contributed by atoms with Crippen molar-refractivity contribution >= 4 is 8.80 Å². The van der Waals surface area contributed by atoms with Crippen LogP contribution in [-0.2, 0) is 0 Å². The van der Waals surface area contributed by atoms with Crippen molar-refractivity contribution in [3.05, 3.63) is 0 Å². The molecular formula is C6H17NO3Si. The largest absolute Gasteiger partial charge is 0.492 e. The van der Waals surface area contributed by atoms with E-state index in [1.165, 1.54) is 0 Å². The van der Waals surface area contributed by atoms with Gasteiger partial charge in [-0.1, -0.05) is 13.3 Å². The summed E-state index contributed by atoms with van der Waals surface area (Å²) >= 11 is 0. The molecule has 0 fully saturated rings. The molecule has 0 rings (SSSR count). The molecule has 0 aromatic heterocycles.